The number of carboxylic acids is 1. The minimum Gasteiger partial charge on any atom is -0.478 e. The lowest BCUT2D eigenvalue weighted by Gasteiger charge is -2.33. The van der Waals surface area contributed by atoms with Crippen molar-refractivity contribution in [1.29, 1.82) is 0 Å². The van der Waals surface area contributed by atoms with E-state index in [0.29, 0.717) is 12.8 Å². The van der Waals surface area contributed by atoms with Gasteiger partial charge in [0, 0.05) is 17.9 Å². The number of rotatable bonds is 7. The van der Waals surface area contributed by atoms with Crippen molar-refractivity contribution >= 4 is 11.9 Å². The fraction of sp³-hybridized carbons (Fsp3) is 0.333. The second kappa shape index (κ2) is 7.97. The van der Waals surface area contributed by atoms with Crippen LogP contribution in [-0.2, 0) is 16.6 Å². The number of carbonyl (C=O) groups excluding carboxylic acids is 1. The molecule has 4 nitrogen and oxygen atoms in total. The summed E-state index contributed by atoms with van der Waals surface area (Å²) in [5, 5.41) is 12.0. The minimum atomic E-state index is -0.943. The zero-order chi connectivity index (χ0) is 18.4. The molecule has 2 N–H and O–H groups in total. The van der Waals surface area contributed by atoms with E-state index in [1.807, 2.05) is 25.1 Å². The van der Waals surface area contributed by atoms with E-state index in [-0.39, 0.29) is 22.9 Å². The van der Waals surface area contributed by atoms with E-state index in [2.05, 4.69) is 31.3 Å². The van der Waals surface area contributed by atoms with Crippen LogP contribution in [0.1, 0.15) is 48.7 Å². The number of hydrogen-bond acceptors (Lipinski definition) is 2. The predicted molar refractivity (Wildman–Crippen MR) is 98.8 cm³/mol. The SMILES string of the molecule is CC(NC(=O)CCc1ccc(C(=O)O)cc1)C(C)(C)c1ccccc1. The molecule has 4 heteroatoms. The van der Waals surface area contributed by atoms with Crippen LogP contribution in [0.5, 0.6) is 0 Å². The van der Waals surface area contributed by atoms with Gasteiger partial charge in [-0.3, -0.25) is 4.79 Å². The molecule has 0 saturated carbocycles. The van der Waals surface area contributed by atoms with E-state index in [4.69, 9.17) is 5.11 Å². The fourth-order valence-corrected chi connectivity index (χ4v) is 2.68. The van der Waals surface area contributed by atoms with Gasteiger partial charge in [-0.25, -0.2) is 4.79 Å². The zero-order valence-corrected chi connectivity index (χ0v) is 15.0. The molecule has 1 amide bonds. The van der Waals surface area contributed by atoms with Crippen LogP contribution in [-0.4, -0.2) is 23.0 Å². The molecule has 1 unspecified atom stereocenters. The Morgan fingerprint density at radius 3 is 2.20 bits per heavy atom. The molecular formula is C21H25NO3. The lowest BCUT2D eigenvalue weighted by molar-refractivity contribution is -0.122. The highest BCUT2D eigenvalue weighted by Gasteiger charge is 2.28. The second-order valence-corrected chi connectivity index (χ2v) is 6.88. The summed E-state index contributed by atoms with van der Waals surface area (Å²) in [6.07, 6.45) is 0.964. The third kappa shape index (κ3) is 4.92. The van der Waals surface area contributed by atoms with Crippen molar-refractivity contribution in [1.82, 2.24) is 5.32 Å². The van der Waals surface area contributed by atoms with Crippen LogP contribution in [0.4, 0.5) is 0 Å². The maximum atomic E-state index is 12.3. The summed E-state index contributed by atoms with van der Waals surface area (Å²) in [6, 6.07) is 16.8. The van der Waals surface area contributed by atoms with Gasteiger partial charge in [0.2, 0.25) is 5.91 Å². The summed E-state index contributed by atoms with van der Waals surface area (Å²) in [5.74, 6) is -0.944. The Bertz CT molecular complexity index is 721. The Morgan fingerprint density at radius 1 is 1.04 bits per heavy atom. The lowest BCUT2D eigenvalue weighted by Crippen LogP contribution is -2.45. The monoisotopic (exact) mass is 339 g/mol. The van der Waals surface area contributed by atoms with Gasteiger partial charge in [0.05, 0.1) is 5.56 Å². The van der Waals surface area contributed by atoms with Crippen LogP contribution in [0.25, 0.3) is 0 Å². The summed E-state index contributed by atoms with van der Waals surface area (Å²) < 4.78 is 0. The maximum Gasteiger partial charge on any atom is 0.335 e. The molecule has 0 radical (unpaired) electrons. The molecule has 0 bridgehead atoms. The van der Waals surface area contributed by atoms with E-state index in [1.165, 1.54) is 5.56 Å². The van der Waals surface area contributed by atoms with Crippen molar-refractivity contribution in [2.24, 2.45) is 0 Å². The Hall–Kier alpha value is -2.62. The van der Waals surface area contributed by atoms with Crippen LogP contribution in [0.3, 0.4) is 0 Å². The van der Waals surface area contributed by atoms with E-state index < -0.39 is 5.97 Å². The highest BCUT2D eigenvalue weighted by molar-refractivity contribution is 5.87. The molecule has 0 aliphatic rings. The van der Waals surface area contributed by atoms with Crippen molar-refractivity contribution in [2.45, 2.75) is 45.1 Å². The van der Waals surface area contributed by atoms with E-state index in [1.54, 1.807) is 24.3 Å². The molecule has 0 aliphatic carbocycles. The lowest BCUT2D eigenvalue weighted by atomic mass is 9.78. The standard InChI is InChI=1S/C21H25NO3/c1-15(21(2,3)18-7-5-4-6-8-18)22-19(23)14-11-16-9-12-17(13-10-16)20(24)25/h4-10,12-13,15H,11,14H2,1-3H3,(H,22,23)(H,24,25). The molecule has 0 fully saturated rings. The van der Waals surface area contributed by atoms with Crippen LogP contribution in [0.15, 0.2) is 54.6 Å². The molecule has 0 spiro atoms. The van der Waals surface area contributed by atoms with Gasteiger partial charge in [-0.2, -0.15) is 0 Å². The van der Waals surface area contributed by atoms with Crippen LogP contribution >= 0.6 is 0 Å². The number of hydrogen-bond donors (Lipinski definition) is 2. The van der Waals surface area contributed by atoms with Crippen molar-refractivity contribution in [3.05, 3.63) is 71.3 Å². The van der Waals surface area contributed by atoms with Crippen molar-refractivity contribution in [3.8, 4) is 0 Å². The first-order chi connectivity index (χ1) is 11.8. The van der Waals surface area contributed by atoms with Crippen LogP contribution in [0.2, 0.25) is 0 Å². The number of carbonyl (C=O) groups is 2. The van der Waals surface area contributed by atoms with E-state index in [9.17, 15) is 9.59 Å². The Kier molecular flexibility index (Phi) is 5.97. The van der Waals surface area contributed by atoms with Gasteiger partial charge in [0.25, 0.3) is 0 Å². The summed E-state index contributed by atoms with van der Waals surface area (Å²) in [7, 11) is 0. The van der Waals surface area contributed by atoms with Gasteiger partial charge in [0.15, 0.2) is 0 Å². The molecule has 0 heterocycles. The summed E-state index contributed by atoms with van der Waals surface area (Å²) >= 11 is 0. The second-order valence-electron chi connectivity index (χ2n) is 6.88. The van der Waals surface area contributed by atoms with Gasteiger partial charge in [-0.15, -0.1) is 0 Å². The third-order valence-corrected chi connectivity index (χ3v) is 4.82. The number of benzene rings is 2. The molecule has 25 heavy (non-hydrogen) atoms. The fourth-order valence-electron chi connectivity index (χ4n) is 2.68. The molecule has 0 aromatic heterocycles. The molecule has 2 rings (SSSR count). The Balaban J connectivity index is 1.90. The average molecular weight is 339 g/mol. The predicted octanol–water partition coefficient (Wildman–Crippen LogP) is 3.80. The summed E-state index contributed by atoms with van der Waals surface area (Å²) in [6.45, 7) is 6.27. The molecule has 132 valence electrons. The van der Waals surface area contributed by atoms with Crippen LogP contribution < -0.4 is 5.32 Å². The highest BCUT2D eigenvalue weighted by atomic mass is 16.4. The van der Waals surface area contributed by atoms with Gasteiger partial charge >= 0.3 is 5.97 Å². The summed E-state index contributed by atoms with van der Waals surface area (Å²) in [5.41, 5.74) is 2.23. The van der Waals surface area contributed by atoms with Crippen molar-refractivity contribution in [3.63, 3.8) is 0 Å². The van der Waals surface area contributed by atoms with Gasteiger partial charge in [0.1, 0.15) is 0 Å². The quantitative estimate of drug-likeness (QED) is 0.806. The number of carboxylic acid groups (broad SMARTS) is 1. The summed E-state index contributed by atoms with van der Waals surface area (Å²) in [4.78, 5) is 23.1. The first-order valence-electron chi connectivity index (χ1n) is 8.48. The maximum absolute atomic E-state index is 12.3. The topological polar surface area (TPSA) is 66.4 Å². The Morgan fingerprint density at radius 2 is 1.64 bits per heavy atom. The van der Waals surface area contributed by atoms with Gasteiger partial charge in [-0.05, 0) is 36.6 Å². The minimum absolute atomic E-state index is 0.00110. The number of amides is 1. The van der Waals surface area contributed by atoms with E-state index in [0.717, 1.165) is 5.56 Å². The zero-order valence-electron chi connectivity index (χ0n) is 15.0. The average Bonchev–Trinajstić information content (AvgIpc) is 2.61. The third-order valence-electron chi connectivity index (χ3n) is 4.82. The number of aryl methyl sites for hydroxylation is 1. The first-order valence-corrected chi connectivity index (χ1v) is 8.48. The van der Waals surface area contributed by atoms with Crippen molar-refractivity contribution < 1.29 is 14.7 Å². The number of nitrogens with one attached hydrogen (secondary N) is 1. The molecule has 0 aliphatic heterocycles. The smallest absolute Gasteiger partial charge is 0.335 e. The molecule has 2 aromatic rings. The Labute approximate surface area is 148 Å². The normalized spacial score (nSPS) is 12.4. The molecule has 1 atom stereocenters. The van der Waals surface area contributed by atoms with Crippen LogP contribution in [0, 0.1) is 0 Å². The highest BCUT2D eigenvalue weighted by Crippen LogP contribution is 2.26. The molecular weight excluding hydrogens is 314 g/mol. The first kappa shape index (κ1) is 18.7. The van der Waals surface area contributed by atoms with Gasteiger partial charge in [-0.1, -0.05) is 56.3 Å². The number of aromatic carboxylic acids is 1. The largest absolute Gasteiger partial charge is 0.478 e. The van der Waals surface area contributed by atoms with Gasteiger partial charge < -0.3 is 10.4 Å². The molecule has 0 saturated heterocycles. The van der Waals surface area contributed by atoms with Crippen molar-refractivity contribution in [2.75, 3.05) is 0 Å². The molecule has 2 aromatic carbocycles. The van der Waals surface area contributed by atoms with E-state index >= 15 is 0 Å².